The van der Waals surface area contributed by atoms with Crippen LogP contribution in [0.1, 0.15) is 65.5 Å². The molecule has 4 amide bonds. The lowest BCUT2D eigenvalue weighted by molar-refractivity contribution is -0.141. The molecule has 1 aromatic rings. The van der Waals surface area contributed by atoms with Crippen LogP contribution in [-0.4, -0.2) is 66.2 Å². The Labute approximate surface area is 196 Å². The monoisotopic (exact) mass is 477 g/mol. The summed E-state index contributed by atoms with van der Waals surface area (Å²) in [5.41, 5.74) is 0.429. The number of hydrogen-bond acceptors (Lipinski definition) is 5. The van der Waals surface area contributed by atoms with Crippen molar-refractivity contribution in [3.8, 4) is 0 Å². The molecule has 182 valence electrons. The summed E-state index contributed by atoms with van der Waals surface area (Å²) in [6.45, 7) is 11.3. The summed E-state index contributed by atoms with van der Waals surface area (Å²) in [4.78, 5) is 41.8. The lowest BCUT2D eigenvalue weighted by Crippen LogP contribution is -2.51. The van der Waals surface area contributed by atoms with Crippen molar-refractivity contribution in [2.75, 3.05) is 18.1 Å². The first-order valence-electron chi connectivity index (χ1n) is 11.5. The van der Waals surface area contributed by atoms with Gasteiger partial charge in [-0.15, -0.1) is 0 Å². The normalized spacial score (nSPS) is 25.8. The summed E-state index contributed by atoms with van der Waals surface area (Å²) in [7, 11) is -3.19. The highest BCUT2D eigenvalue weighted by molar-refractivity contribution is 7.91. The number of benzene rings is 1. The van der Waals surface area contributed by atoms with E-state index in [-0.39, 0.29) is 23.0 Å². The number of hydrogen-bond donors (Lipinski definition) is 1. The molecule has 0 radical (unpaired) electrons. The first kappa shape index (κ1) is 25.2. The Morgan fingerprint density at radius 1 is 1.24 bits per heavy atom. The highest BCUT2D eigenvalue weighted by Gasteiger charge is 2.50. The van der Waals surface area contributed by atoms with Crippen LogP contribution in [0.4, 0.5) is 4.79 Å². The minimum Gasteiger partial charge on any atom is -0.334 e. The Morgan fingerprint density at radius 3 is 2.33 bits per heavy atom. The highest BCUT2D eigenvalue weighted by Crippen LogP contribution is 2.31. The van der Waals surface area contributed by atoms with Gasteiger partial charge in [-0.2, -0.15) is 0 Å². The Kier molecular flexibility index (Phi) is 6.68. The summed E-state index contributed by atoms with van der Waals surface area (Å²) >= 11 is 0. The number of amides is 4. The topological polar surface area (TPSA) is 104 Å². The SMILES string of the molecule is CC[C@H](C)N(C(=O)CN1C(=O)N[C@](C)(c2ccc(C(C)(C)C)cc2)C1=O)[C@H]1CCS(=O)(=O)C1. The van der Waals surface area contributed by atoms with E-state index in [2.05, 4.69) is 26.1 Å². The standard InChI is InChI=1S/C24H35N3O5S/c1-7-16(2)27(19-12-13-33(31,32)15-19)20(28)14-26-21(29)24(6,25-22(26)30)18-10-8-17(9-11-18)23(3,4)5/h8-11,16,19H,7,12-15H2,1-6H3,(H,25,30)/t16-,19-,24+/m0/s1. The Morgan fingerprint density at radius 2 is 1.85 bits per heavy atom. The van der Waals surface area contributed by atoms with E-state index in [4.69, 9.17) is 0 Å². The minimum atomic E-state index is -3.19. The number of nitrogens with zero attached hydrogens (tertiary/aromatic N) is 2. The van der Waals surface area contributed by atoms with Crippen LogP contribution < -0.4 is 5.32 Å². The molecule has 2 fully saturated rings. The number of rotatable bonds is 6. The molecule has 0 aliphatic carbocycles. The smallest absolute Gasteiger partial charge is 0.325 e. The highest BCUT2D eigenvalue weighted by atomic mass is 32.2. The third-order valence-corrected chi connectivity index (χ3v) is 8.60. The van der Waals surface area contributed by atoms with E-state index in [0.717, 1.165) is 10.5 Å². The molecule has 2 saturated heterocycles. The van der Waals surface area contributed by atoms with Crippen molar-refractivity contribution in [1.29, 1.82) is 0 Å². The van der Waals surface area contributed by atoms with E-state index in [9.17, 15) is 22.8 Å². The molecule has 3 atom stereocenters. The van der Waals surface area contributed by atoms with Crippen LogP contribution in [-0.2, 0) is 30.4 Å². The predicted molar refractivity (Wildman–Crippen MR) is 126 cm³/mol. The lowest BCUT2D eigenvalue weighted by atomic mass is 9.84. The largest absolute Gasteiger partial charge is 0.334 e. The van der Waals surface area contributed by atoms with Gasteiger partial charge in [-0.05, 0) is 43.2 Å². The third kappa shape index (κ3) is 4.93. The molecule has 2 aliphatic heterocycles. The minimum absolute atomic E-state index is 0.0453. The van der Waals surface area contributed by atoms with Gasteiger partial charge in [0.25, 0.3) is 5.91 Å². The summed E-state index contributed by atoms with van der Waals surface area (Å²) in [5, 5.41) is 2.75. The summed E-state index contributed by atoms with van der Waals surface area (Å²) < 4.78 is 24.0. The molecule has 9 heteroatoms. The number of imide groups is 1. The molecule has 2 heterocycles. The predicted octanol–water partition coefficient (Wildman–Crippen LogP) is 2.57. The van der Waals surface area contributed by atoms with Crippen LogP contribution in [0.25, 0.3) is 0 Å². The Bertz CT molecular complexity index is 1040. The second-order valence-electron chi connectivity index (χ2n) is 10.4. The van der Waals surface area contributed by atoms with Gasteiger partial charge in [-0.1, -0.05) is 52.0 Å². The van der Waals surface area contributed by atoms with Crippen LogP contribution in [0.15, 0.2) is 24.3 Å². The summed E-state index contributed by atoms with van der Waals surface area (Å²) in [5.74, 6) is -0.945. The average molecular weight is 478 g/mol. The average Bonchev–Trinajstić information content (AvgIpc) is 3.19. The first-order valence-corrected chi connectivity index (χ1v) is 13.3. The molecule has 1 N–H and O–H groups in total. The second kappa shape index (κ2) is 8.74. The van der Waals surface area contributed by atoms with Crippen LogP contribution in [0.5, 0.6) is 0 Å². The number of carbonyl (C=O) groups is 3. The van der Waals surface area contributed by atoms with Crippen molar-refractivity contribution in [2.24, 2.45) is 0 Å². The maximum absolute atomic E-state index is 13.3. The maximum atomic E-state index is 13.3. The fourth-order valence-electron chi connectivity index (χ4n) is 4.56. The van der Waals surface area contributed by atoms with Crippen molar-refractivity contribution in [3.05, 3.63) is 35.4 Å². The van der Waals surface area contributed by atoms with Crippen molar-refractivity contribution < 1.29 is 22.8 Å². The van der Waals surface area contributed by atoms with Gasteiger partial charge < -0.3 is 10.2 Å². The van der Waals surface area contributed by atoms with E-state index >= 15 is 0 Å². The van der Waals surface area contributed by atoms with E-state index in [1.807, 2.05) is 38.1 Å². The fourth-order valence-corrected chi connectivity index (χ4v) is 6.27. The molecule has 0 unspecified atom stereocenters. The molecule has 8 nitrogen and oxygen atoms in total. The van der Waals surface area contributed by atoms with Gasteiger partial charge in [0.2, 0.25) is 5.91 Å². The molecule has 0 bridgehead atoms. The molecule has 2 aliphatic rings. The first-order chi connectivity index (χ1) is 15.2. The molecular weight excluding hydrogens is 442 g/mol. The van der Waals surface area contributed by atoms with Crippen molar-refractivity contribution >= 4 is 27.7 Å². The lowest BCUT2D eigenvalue weighted by Gasteiger charge is -2.34. The third-order valence-electron chi connectivity index (χ3n) is 6.85. The molecule has 0 aromatic heterocycles. The van der Waals surface area contributed by atoms with Gasteiger partial charge in [0.05, 0.1) is 11.5 Å². The van der Waals surface area contributed by atoms with E-state index in [0.29, 0.717) is 18.4 Å². The van der Waals surface area contributed by atoms with Crippen LogP contribution in [0.2, 0.25) is 0 Å². The maximum Gasteiger partial charge on any atom is 0.325 e. The number of carbonyl (C=O) groups excluding carboxylic acids is 3. The summed E-state index contributed by atoms with van der Waals surface area (Å²) in [6, 6.07) is 6.29. The van der Waals surface area contributed by atoms with Crippen molar-refractivity contribution in [3.63, 3.8) is 0 Å². The number of sulfone groups is 1. The zero-order valence-electron chi connectivity index (χ0n) is 20.3. The molecular formula is C24H35N3O5S. The number of nitrogens with one attached hydrogen (secondary N) is 1. The van der Waals surface area contributed by atoms with Gasteiger partial charge >= 0.3 is 6.03 Å². The molecule has 1 aromatic carbocycles. The van der Waals surface area contributed by atoms with Crippen molar-refractivity contribution in [1.82, 2.24) is 15.1 Å². The van der Waals surface area contributed by atoms with Gasteiger partial charge in [0, 0.05) is 12.1 Å². The molecule has 33 heavy (non-hydrogen) atoms. The molecule has 3 rings (SSSR count). The van der Waals surface area contributed by atoms with E-state index < -0.39 is 45.8 Å². The van der Waals surface area contributed by atoms with Gasteiger partial charge in [0.15, 0.2) is 9.84 Å². The second-order valence-corrected chi connectivity index (χ2v) is 12.6. The van der Waals surface area contributed by atoms with Crippen LogP contribution in [0, 0.1) is 0 Å². The van der Waals surface area contributed by atoms with Crippen LogP contribution >= 0.6 is 0 Å². The molecule has 0 spiro atoms. The van der Waals surface area contributed by atoms with Crippen LogP contribution in [0.3, 0.4) is 0 Å². The van der Waals surface area contributed by atoms with Gasteiger partial charge in [-0.25, -0.2) is 13.2 Å². The molecule has 0 saturated carbocycles. The quantitative estimate of drug-likeness (QED) is 0.634. The Hall–Kier alpha value is -2.42. The number of urea groups is 1. The van der Waals surface area contributed by atoms with Gasteiger partial charge in [-0.3, -0.25) is 14.5 Å². The zero-order valence-corrected chi connectivity index (χ0v) is 21.2. The van der Waals surface area contributed by atoms with E-state index in [1.54, 1.807) is 11.8 Å². The van der Waals surface area contributed by atoms with E-state index in [1.165, 1.54) is 0 Å². The zero-order chi connectivity index (χ0) is 24.8. The van der Waals surface area contributed by atoms with Gasteiger partial charge in [0.1, 0.15) is 12.1 Å². The van der Waals surface area contributed by atoms with Crippen molar-refractivity contribution in [2.45, 2.75) is 77.4 Å². The Balaban J connectivity index is 1.81. The summed E-state index contributed by atoms with van der Waals surface area (Å²) in [6.07, 6.45) is 1.01. The fraction of sp³-hybridized carbons (Fsp3) is 0.625.